The van der Waals surface area contributed by atoms with Gasteiger partial charge in [-0.2, -0.15) is 0 Å². The molecule has 4 aromatic rings. The number of non-ortho nitro benzene ring substituents is 1. The molecule has 0 saturated carbocycles. The number of rotatable bonds is 4. The Morgan fingerprint density at radius 3 is 2.19 bits per heavy atom. The van der Waals surface area contributed by atoms with Gasteiger partial charge >= 0.3 is 0 Å². The van der Waals surface area contributed by atoms with E-state index in [1.165, 1.54) is 6.07 Å². The highest BCUT2D eigenvalue weighted by Gasteiger charge is 2.36. The van der Waals surface area contributed by atoms with Gasteiger partial charge < -0.3 is 0 Å². The molecule has 182 valence electrons. The Hall–Kier alpha value is -3.98. The van der Waals surface area contributed by atoms with Crippen molar-refractivity contribution in [2.24, 2.45) is 4.99 Å². The normalized spacial score (nSPS) is 15.8. The molecule has 10 heteroatoms. The minimum Gasteiger partial charge on any atom is -0.286 e. The second-order valence-electron chi connectivity index (χ2n) is 8.43. The summed E-state index contributed by atoms with van der Waals surface area (Å²) in [6, 6.07) is 20.8. The lowest BCUT2D eigenvalue weighted by Gasteiger charge is -2.32. The molecule has 0 spiro atoms. The number of aliphatic imine (C=N–C) groups is 1. The second kappa shape index (κ2) is 9.15. The first-order valence-corrected chi connectivity index (χ1v) is 12.4. The van der Waals surface area contributed by atoms with Crippen molar-refractivity contribution >= 4 is 52.8 Å². The average Bonchev–Trinajstić information content (AvgIpc) is 3.22. The van der Waals surface area contributed by atoms with Crippen LogP contribution in [0.5, 0.6) is 0 Å². The largest absolute Gasteiger partial charge is 0.286 e. The Morgan fingerprint density at radius 1 is 0.892 bits per heavy atom. The van der Waals surface area contributed by atoms with Crippen LogP contribution in [0.2, 0.25) is 10.0 Å². The molecule has 37 heavy (non-hydrogen) atoms. The molecule has 0 aliphatic carbocycles. The van der Waals surface area contributed by atoms with Gasteiger partial charge in [-0.05, 0) is 78.5 Å². The molecule has 0 amide bonds. The number of nitrogens with zero attached hydrogens (tertiary/aromatic N) is 5. The highest BCUT2D eigenvalue weighted by Crippen LogP contribution is 2.43. The number of benzene rings is 3. The Morgan fingerprint density at radius 2 is 1.54 bits per heavy atom. The topological polar surface area (TPSA) is 68.6 Å². The summed E-state index contributed by atoms with van der Waals surface area (Å²) in [4.78, 5) is 18.2. The molecule has 3 heterocycles. The highest BCUT2D eigenvalue weighted by molar-refractivity contribution is 7.71. The third-order valence-corrected chi connectivity index (χ3v) is 7.09. The number of hydrogen-bond donors (Lipinski definition) is 0. The van der Waals surface area contributed by atoms with Crippen LogP contribution in [0.4, 0.5) is 11.5 Å². The van der Waals surface area contributed by atoms with Crippen LogP contribution in [-0.4, -0.2) is 19.9 Å². The van der Waals surface area contributed by atoms with E-state index in [1.807, 2.05) is 80.9 Å². The SMILES string of the molecule is O=[N+]([O-])c1cccc(C2N=C3C=CC=CN3c3c2n(-c2ccc(Cl)cc2)c(=S)n3-c2ccc(Cl)cc2)c1. The van der Waals surface area contributed by atoms with Crippen molar-refractivity contribution in [1.29, 1.82) is 0 Å². The first kappa shape index (κ1) is 23.4. The lowest BCUT2D eigenvalue weighted by molar-refractivity contribution is -0.384. The molecule has 2 aliphatic rings. The number of hydrogen-bond acceptors (Lipinski definition) is 5. The number of halogens is 2. The molecular weight excluding hydrogens is 529 g/mol. The predicted molar refractivity (Wildman–Crippen MR) is 149 cm³/mol. The van der Waals surface area contributed by atoms with Crippen LogP contribution in [0.15, 0.2) is 102 Å². The Balaban J connectivity index is 1.71. The molecule has 1 unspecified atom stereocenters. The van der Waals surface area contributed by atoms with Crippen LogP contribution in [0.1, 0.15) is 17.3 Å². The van der Waals surface area contributed by atoms with Crippen molar-refractivity contribution in [2.45, 2.75) is 6.04 Å². The van der Waals surface area contributed by atoms with E-state index in [0.717, 1.165) is 22.9 Å². The van der Waals surface area contributed by atoms with Crippen LogP contribution in [0.3, 0.4) is 0 Å². The highest BCUT2D eigenvalue weighted by atomic mass is 35.5. The lowest BCUT2D eigenvalue weighted by Crippen LogP contribution is -2.32. The van der Waals surface area contributed by atoms with E-state index in [4.69, 9.17) is 40.4 Å². The van der Waals surface area contributed by atoms with Crippen LogP contribution in [0.25, 0.3) is 11.4 Å². The van der Waals surface area contributed by atoms with Crippen LogP contribution >= 0.6 is 35.4 Å². The monoisotopic (exact) mass is 545 g/mol. The molecule has 0 bridgehead atoms. The number of anilines is 1. The molecule has 0 saturated heterocycles. The van der Waals surface area contributed by atoms with E-state index in [0.29, 0.717) is 26.2 Å². The summed E-state index contributed by atoms with van der Waals surface area (Å²) < 4.78 is 4.42. The number of imidazole rings is 1. The van der Waals surface area contributed by atoms with Gasteiger partial charge in [-0.1, -0.05) is 41.4 Å². The lowest BCUT2D eigenvalue weighted by atomic mass is 10.0. The molecule has 2 aliphatic heterocycles. The number of nitro benzene ring substituents is 1. The molecular formula is C27H17Cl2N5O2S. The summed E-state index contributed by atoms with van der Waals surface area (Å²) in [6.45, 7) is 0. The van der Waals surface area contributed by atoms with Crippen molar-refractivity contribution in [3.05, 3.63) is 133 Å². The molecule has 1 atom stereocenters. The maximum atomic E-state index is 11.6. The van der Waals surface area contributed by atoms with E-state index in [-0.39, 0.29) is 5.69 Å². The zero-order valence-electron chi connectivity index (χ0n) is 19.0. The minimum absolute atomic E-state index is 0.00506. The summed E-state index contributed by atoms with van der Waals surface area (Å²) in [5.74, 6) is 1.47. The van der Waals surface area contributed by atoms with Crippen molar-refractivity contribution in [3.63, 3.8) is 0 Å². The van der Waals surface area contributed by atoms with E-state index in [2.05, 4.69) is 0 Å². The predicted octanol–water partition coefficient (Wildman–Crippen LogP) is 7.60. The molecule has 6 rings (SSSR count). The van der Waals surface area contributed by atoms with Crippen molar-refractivity contribution < 1.29 is 4.92 Å². The van der Waals surface area contributed by atoms with Gasteiger partial charge in [-0.15, -0.1) is 0 Å². The first-order valence-electron chi connectivity index (χ1n) is 11.3. The van der Waals surface area contributed by atoms with Gasteiger partial charge in [0.2, 0.25) is 0 Å². The molecule has 0 N–H and O–H groups in total. The van der Waals surface area contributed by atoms with Crippen molar-refractivity contribution in [1.82, 2.24) is 9.13 Å². The first-order chi connectivity index (χ1) is 17.9. The third-order valence-electron chi connectivity index (χ3n) is 6.22. The summed E-state index contributed by atoms with van der Waals surface area (Å²) in [6.07, 6.45) is 7.66. The van der Waals surface area contributed by atoms with Crippen molar-refractivity contribution in [2.75, 3.05) is 4.90 Å². The second-order valence-corrected chi connectivity index (χ2v) is 9.67. The summed E-state index contributed by atoms with van der Waals surface area (Å²) >= 11 is 18.5. The summed E-state index contributed by atoms with van der Waals surface area (Å²) in [7, 11) is 0. The molecule has 1 aromatic heterocycles. The number of aromatic nitrogens is 2. The molecule has 3 aromatic carbocycles. The van der Waals surface area contributed by atoms with Crippen LogP contribution < -0.4 is 4.90 Å². The fourth-order valence-electron chi connectivity index (χ4n) is 4.60. The number of amidine groups is 1. The molecule has 0 fully saturated rings. The quantitative estimate of drug-likeness (QED) is 0.150. The number of fused-ring (bicyclic) bond motifs is 3. The minimum atomic E-state index is -0.566. The number of allylic oxidation sites excluding steroid dienone is 2. The van der Waals surface area contributed by atoms with Gasteiger partial charge in [-0.25, -0.2) is 0 Å². The molecule has 0 radical (unpaired) electrons. The van der Waals surface area contributed by atoms with Gasteiger partial charge in [0, 0.05) is 39.8 Å². The summed E-state index contributed by atoms with van der Waals surface area (Å²) in [5.41, 5.74) is 3.06. The zero-order chi connectivity index (χ0) is 25.7. The van der Waals surface area contributed by atoms with E-state index in [9.17, 15) is 10.1 Å². The van der Waals surface area contributed by atoms with Gasteiger partial charge in [0.05, 0.1) is 10.6 Å². The van der Waals surface area contributed by atoms with Gasteiger partial charge in [0.25, 0.3) is 5.69 Å². The Bertz CT molecular complexity index is 1700. The molecule has 7 nitrogen and oxygen atoms in total. The zero-order valence-corrected chi connectivity index (χ0v) is 21.4. The average molecular weight is 546 g/mol. The smallest absolute Gasteiger partial charge is 0.269 e. The fourth-order valence-corrected chi connectivity index (χ4v) is 5.25. The Kier molecular flexibility index (Phi) is 5.79. The third kappa shape index (κ3) is 3.99. The van der Waals surface area contributed by atoms with Crippen LogP contribution in [0, 0.1) is 14.9 Å². The maximum absolute atomic E-state index is 11.6. The van der Waals surface area contributed by atoms with E-state index < -0.39 is 11.0 Å². The standard InChI is InChI=1S/C27H17Cl2N5O2S/c28-18-7-11-20(12-8-18)32-25-24(17-4-3-5-22(16-17)34(35)36)30-23-6-1-2-15-31(23)26(25)33(27(32)37)21-13-9-19(29)10-14-21/h1-16,24H. The van der Waals surface area contributed by atoms with Crippen molar-refractivity contribution in [3.8, 4) is 11.4 Å². The van der Waals surface area contributed by atoms with Gasteiger partial charge in [-0.3, -0.25) is 29.1 Å². The number of nitro groups is 1. The maximum Gasteiger partial charge on any atom is 0.269 e. The Labute approximate surface area is 227 Å². The van der Waals surface area contributed by atoms with Crippen LogP contribution in [-0.2, 0) is 0 Å². The fraction of sp³-hybridized carbons (Fsp3) is 0.0370. The van der Waals surface area contributed by atoms with E-state index in [1.54, 1.807) is 24.3 Å². The van der Waals surface area contributed by atoms with Gasteiger partial charge in [0.1, 0.15) is 17.7 Å². The summed E-state index contributed by atoms with van der Waals surface area (Å²) in [5, 5.41) is 12.8. The van der Waals surface area contributed by atoms with Gasteiger partial charge in [0.15, 0.2) is 4.77 Å². The van der Waals surface area contributed by atoms with E-state index >= 15 is 0 Å².